The van der Waals surface area contributed by atoms with Gasteiger partial charge < -0.3 is 16.4 Å². The van der Waals surface area contributed by atoms with Crippen molar-refractivity contribution in [2.75, 3.05) is 16.4 Å². The molecule has 4 N–H and O–H groups in total. The predicted molar refractivity (Wildman–Crippen MR) is 136 cm³/mol. The van der Waals surface area contributed by atoms with Gasteiger partial charge >= 0.3 is 6.18 Å². The summed E-state index contributed by atoms with van der Waals surface area (Å²) < 4.78 is 65.7. The maximum Gasteiger partial charge on any atom is 0.416 e. The molecule has 5 nitrogen and oxygen atoms in total. The minimum atomic E-state index is -4.60. The zero-order chi connectivity index (χ0) is 28.2. The van der Waals surface area contributed by atoms with Crippen LogP contribution in [0, 0.1) is 24.5 Å². The van der Waals surface area contributed by atoms with Gasteiger partial charge in [-0.1, -0.05) is 23.2 Å². The Balaban J connectivity index is 1.54. The smallest absolute Gasteiger partial charge is 0.394 e. The molecule has 0 aliphatic heterocycles. The van der Waals surface area contributed by atoms with Crippen LogP contribution < -0.4 is 16.4 Å². The van der Waals surface area contributed by atoms with Crippen LogP contribution >= 0.6 is 34.8 Å². The van der Waals surface area contributed by atoms with Crippen LogP contribution in [-0.2, 0) is 11.0 Å². The Hall–Kier alpha value is -3.08. The molecule has 0 heterocycles. The first kappa shape index (κ1) is 27.9. The van der Waals surface area contributed by atoms with Crippen LogP contribution in [0.4, 0.5) is 39.0 Å². The third kappa shape index (κ3) is 5.39. The summed E-state index contributed by atoms with van der Waals surface area (Å²) in [7, 11) is 0. The molecule has 0 spiro atoms. The number of rotatable bonds is 5. The molecule has 0 saturated heterocycles. The lowest BCUT2D eigenvalue weighted by atomic mass is 10.0. The fraction of sp³-hybridized carbons (Fsp3) is 0.200. The van der Waals surface area contributed by atoms with Crippen LogP contribution in [0.1, 0.15) is 33.0 Å². The topological polar surface area (TPSA) is 84.2 Å². The lowest BCUT2D eigenvalue weighted by Crippen LogP contribution is -2.18. The molecule has 1 fully saturated rings. The molecule has 4 rings (SSSR count). The summed E-state index contributed by atoms with van der Waals surface area (Å²) in [6, 6.07) is 9.03. The van der Waals surface area contributed by atoms with E-state index >= 15 is 0 Å². The van der Waals surface area contributed by atoms with Gasteiger partial charge in [0.05, 0.1) is 27.8 Å². The van der Waals surface area contributed by atoms with Gasteiger partial charge in [0, 0.05) is 11.6 Å². The van der Waals surface area contributed by atoms with Crippen LogP contribution in [-0.4, -0.2) is 16.1 Å². The normalized spacial score (nSPS) is 18.1. The van der Waals surface area contributed by atoms with Gasteiger partial charge in [0.25, 0.3) is 5.91 Å². The molecule has 200 valence electrons. The first-order chi connectivity index (χ1) is 17.6. The molecule has 0 aromatic heterocycles. The molecular weight excluding hydrogens is 576 g/mol. The molecule has 38 heavy (non-hydrogen) atoms. The second-order valence-electron chi connectivity index (χ2n) is 8.72. The van der Waals surface area contributed by atoms with Gasteiger partial charge in [-0.05, 0) is 55.0 Å². The molecule has 0 bridgehead atoms. The fourth-order valence-electron chi connectivity index (χ4n) is 4.08. The van der Waals surface area contributed by atoms with Crippen molar-refractivity contribution in [1.82, 2.24) is 0 Å². The van der Waals surface area contributed by atoms with Crippen molar-refractivity contribution in [2.24, 2.45) is 5.92 Å². The molecule has 1 aliphatic rings. The van der Waals surface area contributed by atoms with Crippen molar-refractivity contribution in [2.45, 2.75) is 23.4 Å². The molecule has 2 atom stereocenters. The minimum absolute atomic E-state index is 0.0521. The molecule has 1 saturated carbocycles. The Morgan fingerprint density at radius 1 is 1.00 bits per heavy atom. The standard InChI is InChI=1S/C25H17Cl3F5N3O2/c1-10-6-11(8-12(7-10)25(31,32)33)18-19(24(18,27)28)23(38)35-13-2-3-15(26)14(9-13)22(37)36-17-5-4-16(29)21(34)20(17)30/h2-9,18-19H,34H2,1H3,(H,35,38)(H,36,37). The molecule has 2 amide bonds. The second-order valence-corrected chi connectivity index (χ2v) is 10.6. The number of nitrogens with two attached hydrogens (primary N) is 1. The number of carbonyl (C=O) groups excluding carboxylic acids is 2. The van der Waals surface area contributed by atoms with Crippen molar-refractivity contribution in [3.05, 3.63) is 87.4 Å². The summed E-state index contributed by atoms with van der Waals surface area (Å²) in [6.07, 6.45) is -4.60. The average Bonchev–Trinajstić information content (AvgIpc) is 3.41. The Bertz CT molecular complexity index is 1460. The molecular formula is C25H17Cl3F5N3O2. The monoisotopic (exact) mass is 591 g/mol. The van der Waals surface area contributed by atoms with E-state index in [1.165, 1.54) is 31.2 Å². The number of anilines is 3. The summed E-state index contributed by atoms with van der Waals surface area (Å²) in [5.41, 5.74) is 3.61. The quantitative estimate of drug-likeness (QED) is 0.165. The van der Waals surface area contributed by atoms with Crippen molar-refractivity contribution in [3.63, 3.8) is 0 Å². The lowest BCUT2D eigenvalue weighted by molar-refractivity contribution is -0.137. The molecule has 13 heteroatoms. The molecule has 2 unspecified atom stereocenters. The number of amides is 2. The maximum absolute atomic E-state index is 14.2. The number of carbonyl (C=O) groups is 2. The van der Waals surface area contributed by atoms with E-state index in [9.17, 15) is 31.5 Å². The van der Waals surface area contributed by atoms with Crippen molar-refractivity contribution in [1.29, 1.82) is 0 Å². The van der Waals surface area contributed by atoms with E-state index in [2.05, 4.69) is 10.6 Å². The Morgan fingerprint density at radius 3 is 2.34 bits per heavy atom. The summed E-state index contributed by atoms with van der Waals surface area (Å²) in [4.78, 5) is 25.7. The van der Waals surface area contributed by atoms with E-state index < -0.39 is 62.7 Å². The highest BCUT2D eigenvalue weighted by Gasteiger charge is 2.67. The van der Waals surface area contributed by atoms with Gasteiger partial charge in [-0.15, -0.1) is 23.2 Å². The average molecular weight is 593 g/mol. The van der Waals surface area contributed by atoms with E-state index in [0.29, 0.717) is 5.56 Å². The lowest BCUT2D eigenvalue weighted by Gasteiger charge is -2.12. The summed E-state index contributed by atoms with van der Waals surface area (Å²) >= 11 is 18.7. The highest BCUT2D eigenvalue weighted by Crippen LogP contribution is 2.65. The third-order valence-electron chi connectivity index (χ3n) is 5.98. The molecule has 1 aliphatic carbocycles. The first-order valence-electron chi connectivity index (χ1n) is 10.8. The van der Waals surface area contributed by atoms with Crippen LogP contribution in [0.3, 0.4) is 0 Å². The van der Waals surface area contributed by atoms with Gasteiger partial charge in [0.1, 0.15) is 15.8 Å². The predicted octanol–water partition coefficient (Wildman–Crippen LogP) is 7.31. The zero-order valence-corrected chi connectivity index (χ0v) is 21.5. The Labute approximate surface area is 228 Å². The summed E-state index contributed by atoms with van der Waals surface area (Å²) in [6.45, 7) is 1.48. The van der Waals surface area contributed by atoms with Gasteiger partial charge in [0.15, 0.2) is 5.82 Å². The van der Waals surface area contributed by atoms with Crippen LogP contribution in [0.2, 0.25) is 5.02 Å². The van der Waals surface area contributed by atoms with Gasteiger partial charge in [-0.2, -0.15) is 13.2 Å². The highest BCUT2D eigenvalue weighted by atomic mass is 35.5. The number of alkyl halides is 5. The number of halogens is 8. The molecule has 3 aromatic carbocycles. The number of benzene rings is 3. The van der Waals surface area contributed by atoms with E-state index in [1.54, 1.807) is 0 Å². The Kier molecular flexibility index (Phi) is 7.28. The maximum atomic E-state index is 14.2. The van der Waals surface area contributed by atoms with Crippen LogP contribution in [0.15, 0.2) is 48.5 Å². The number of nitrogen functional groups attached to an aromatic ring is 1. The van der Waals surface area contributed by atoms with Crippen LogP contribution in [0.25, 0.3) is 0 Å². The minimum Gasteiger partial charge on any atom is -0.394 e. The summed E-state index contributed by atoms with van der Waals surface area (Å²) in [5, 5.41) is 4.69. The SMILES string of the molecule is Cc1cc(C2C(C(=O)Nc3ccc(Cl)c(C(=O)Nc4ccc(F)c(N)c4F)c3)C2(Cl)Cl)cc(C(F)(F)F)c1. The van der Waals surface area contributed by atoms with E-state index in [0.717, 1.165) is 24.3 Å². The number of aryl methyl sites for hydroxylation is 1. The summed E-state index contributed by atoms with van der Waals surface area (Å²) in [5.74, 6) is -5.79. The van der Waals surface area contributed by atoms with Crippen molar-refractivity contribution >= 4 is 63.7 Å². The zero-order valence-electron chi connectivity index (χ0n) is 19.2. The Morgan fingerprint density at radius 2 is 1.68 bits per heavy atom. The second kappa shape index (κ2) is 9.91. The van der Waals surface area contributed by atoms with Gasteiger partial charge in [-0.3, -0.25) is 9.59 Å². The van der Waals surface area contributed by atoms with Gasteiger partial charge in [0.2, 0.25) is 5.91 Å². The van der Waals surface area contributed by atoms with E-state index in [4.69, 9.17) is 40.5 Å². The number of hydrogen-bond donors (Lipinski definition) is 3. The number of hydrogen-bond acceptors (Lipinski definition) is 3. The fourth-order valence-corrected chi connectivity index (χ4v) is 5.11. The van der Waals surface area contributed by atoms with Crippen molar-refractivity contribution in [3.8, 4) is 0 Å². The molecule has 0 radical (unpaired) electrons. The molecule has 3 aromatic rings. The van der Waals surface area contributed by atoms with Crippen molar-refractivity contribution < 1.29 is 31.5 Å². The van der Waals surface area contributed by atoms with E-state index in [1.807, 2.05) is 0 Å². The van der Waals surface area contributed by atoms with Gasteiger partial charge in [-0.25, -0.2) is 8.78 Å². The third-order valence-corrected chi connectivity index (χ3v) is 7.25. The number of nitrogens with one attached hydrogen (secondary N) is 2. The van der Waals surface area contributed by atoms with E-state index in [-0.39, 0.29) is 21.8 Å². The van der Waals surface area contributed by atoms with Crippen LogP contribution in [0.5, 0.6) is 0 Å². The first-order valence-corrected chi connectivity index (χ1v) is 12.0. The largest absolute Gasteiger partial charge is 0.416 e. The highest BCUT2D eigenvalue weighted by molar-refractivity contribution is 6.53.